The molecule has 0 saturated heterocycles. The van der Waals surface area contributed by atoms with E-state index in [-0.39, 0.29) is 47.5 Å². The molecule has 1 aromatic heterocycles. The van der Waals surface area contributed by atoms with Gasteiger partial charge in [0.25, 0.3) is 15.9 Å². The zero-order chi connectivity index (χ0) is 31.5. The standard InChI is InChI=1S/C29H37N5O8S/c1-17-14-34(18(2)16-35)28(36)23-8-7-9-24(32-43(38,39)22-12-10-21(40-6)11-13-22)27(23)41-25(17)15-33(5)29(37)30-26-19(3)31-42-20(26)4/h7-13,17-18,25,32,35H,14-16H2,1-6H3,(H,30,37)/t17-,18+,25-/m1/s1. The van der Waals surface area contributed by atoms with Crippen molar-refractivity contribution in [1.29, 1.82) is 0 Å². The van der Waals surface area contributed by atoms with Crippen molar-refractivity contribution >= 4 is 33.3 Å². The summed E-state index contributed by atoms with van der Waals surface area (Å²) in [4.78, 5) is 29.8. The highest BCUT2D eigenvalue weighted by molar-refractivity contribution is 7.92. The van der Waals surface area contributed by atoms with E-state index in [2.05, 4.69) is 15.2 Å². The van der Waals surface area contributed by atoms with Gasteiger partial charge in [0.05, 0.1) is 42.4 Å². The van der Waals surface area contributed by atoms with E-state index >= 15 is 0 Å². The van der Waals surface area contributed by atoms with Crippen LogP contribution in [-0.2, 0) is 10.0 Å². The Morgan fingerprint density at radius 1 is 1.23 bits per heavy atom. The van der Waals surface area contributed by atoms with Crippen LogP contribution in [0.15, 0.2) is 51.9 Å². The molecule has 1 aliphatic rings. The number of hydrogen-bond donors (Lipinski definition) is 3. The van der Waals surface area contributed by atoms with Gasteiger partial charge in [0.15, 0.2) is 11.5 Å². The van der Waals surface area contributed by atoms with Crippen molar-refractivity contribution in [2.75, 3.05) is 43.9 Å². The highest BCUT2D eigenvalue weighted by Gasteiger charge is 2.35. The number of aryl methyl sites for hydroxylation is 2. The van der Waals surface area contributed by atoms with Crippen molar-refractivity contribution in [3.8, 4) is 11.5 Å². The van der Waals surface area contributed by atoms with Crippen LogP contribution in [0.4, 0.5) is 16.2 Å². The lowest BCUT2D eigenvalue weighted by atomic mass is 9.99. The van der Waals surface area contributed by atoms with Gasteiger partial charge < -0.3 is 34.2 Å². The summed E-state index contributed by atoms with van der Waals surface area (Å²) in [6.45, 7) is 7.03. The van der Waals surface area contributed by atoms with Crippen molar-refractivity contribution < 1.29 is 37.1 Å². The smallest absolute Gasteiger partial charge is 0.321 e. The first-order chi connectivity index (χ1) is 20.4. The lowest BCUT2D eigenvalue weighted by molar-refractivity contribution is 0.0373. The fourth-order valence-electron chi connectivity index (χ4n) is 4.72. The fourth-order valence-corrected chi connectivity index (χ4v) is 5.78. The molecule has 0 spiro atoms. The number of para-hydroxylation sites is 1. The molecule has 3 aromatic rings. The number of ether oxygens (including phenoxy) is 2. The summed E-state index contributed by atoms with van der Waals surface area (Å²) in [5.41, 5.74) is 1.18. The maximum atomic E-state index is 13.7. The summed E-state index contributed by atoms with van der Waals surface area (Å²) in [7, 11) is -1.01. The Morgan fingerprint density at radius 3 is 2.53 bits per heavy atom. The zero-order valence-electron chi connectivity index (χ0n) is 24.9. The van der Waals surface area contributed by atoms with E-state index in [0.717, 1.165) is 0 Å². The average molecular weight is 616 g/mol. The number of nitrogens with zero attached hydrogens (tertiary/aromatic N) is 3. The Hall–Kier alpha value is -4.30. The molecule has 0 saturated carbocycles. The summed E-state index contributed by atoms with van der Waals surface area (Å²) in [5.74, 6) is 0.235. The van der Waals surface area contributed by atoms with Crippen LogP contribution in [0.2, 0.25) is 0 Å². The lowest BCUT2D eigenvalue weighted by Gasteiger charge is -2.38. The molecule has 232 valence electrons. The number of sulfonamides is 1. The first kappa shape index (κ1) is 31.6. The SMILES string of the molecule is COc1ccc(S(=O)(=O)Nc2cccc3c2O[C@H](CN(C)C(=O)Nc2c(C)noc2C)[C@H](C)CN([C@@H](C)CO)C3=O)cc1. The van der Waals surface area contributed by atoms with Crippen molar-refractivity contribution in [2.24, 2.45) is 5.92 Å². The van der Waals surface area contributed by atoms with Crippen LogP contribution < -0.4 is 19.5 Å². The number of benzene rings is 2. The molecule has 3 atom stereocenters. The number of nitrogens with one attached hydrogen (secondary N) is 2. The minimum atomic E-state index is -4.09. The first-order valence-corrected chi connectivity index (χ1v) is 15.2. The van der Waals surface area contributed by atoms with E-state index in [0.29, 0.717) is 22.9 Å². The van der Waals surface area contributed by atoms with Gasteiger partial charge in [0.1, 0.15) is 23.2 Å². The number of carbonyl (C=O) groups is 2. The molecule has 4 rings (SSSR count). The Kier molecular flexibility index (Phi) is 9.50. The van der Waals surface area contributed by atoms with Crippen molar-refractivity contribution in [3.05, 3.63) is 59.5 Å². The van der Waals surface area contributed by atoms with Gasteiger partial charge in [0, 0.05) is 19.5 Å². The molecule has 0 radical (unpaired) electrons. The topological polar surface area (TPSA) is 164 Å². The number of carbonyl (C=O) groups excluding carboxylic acids is 2. The molecule has 2 aromatic carbocycles. The summed E-state index contributed by atoms with van der Waals surface area (Å²) in [6.07, 6.45) is -0.674. The third kappa shape index (κ3) is 6.86. The van der Waals surface area contributed by atoms with Crippen LogP contribution >= 0.6 is 0 Å². The monoisotopic (exact) mass is 615 g/mol. The number of likely N-dealkylation sites (N-methyl/N-ethyl adjacent to an activating group) is 1. The average Bonchev–Trinajstić information content (AvgIpc) is 3.30. The van der Waals surface area contributed by atoms with Gasteiger partial charge in [-0.15, -0.1) is 0 Å². The molecule has 0 unspecified atom stereocenters. The molecule has 3 amide bonds. The predicted molar refractivity (Wildman–Crippen MR) is 159 cm³/mol. The molecular weight excluding hydrogens is 578 g/mol. The van der Waals surface area contributed by atoms with Crippen LogP contribution in [0.25, 0.3) is 0 Å². The molecule has 0 aliphatic carbocycles. The van der Waals surface area contributed by atoms with Gasteiger partial charge in [-0.3, -0.25) is 9.52 Å². The van der Waals surface area contributed by atoms with E-state index in [1.165, 1.54) is 47.2 Å². The highest BCUT2D eigenvalue weighted by Crippen LogP contribution is 2.36. The number of aliphatic hydroxyl groups excluding tert-OH is 1. The van der Waals surface area contributed by atoms with Crippen molar-refractivity contribution in [3.63, 3.8) is 0 Å². The van der Waals surface area contributed by atoms with Crippen molar-refractivity contribution in [1.82, 2.24) is 15.0 Å². The number of rotatable bonds is 9. The molecule has 1 aliphatic heterocycles. The predicted octanol–water partition coefficient (Wildman–Crippen LogP) is 3.48. The van der Waals surface area contributed by atoms with Gasteiger partial charge in [-0.05, 0) is 57.2 Å². The molecule has 2 heterocycles. The molecular formula is C29H37N5O8S. The third-order valence-electron chi connectivity index (χ3n) is 7.37. The van der Waals surface area contributed by atoms with E-state index in [9.17, 15) is 23.1 Å². The van der Waals surface area contributed by atoms with Crippen LogP contribution in [-0.4, -0.2) is 86.4 Å². The summed E-state index contributed by atoms with van der Waals surface area (Å²) in [6, 6.07) is 9.50. The van der Waals surface area contributed by atoms with E-state index in [1.807, 2.05) is 6.92 Å². The number of urea groups is 1. The Morgan fingerprint density at radius 2 is 1.93 bits per heavy atom. The molecule has 13 nitrogen and oxygen atoms in total. The van der Waals surface area contributed by atoms with Gasteiger partial charge in [0.2, 0.25) is 0 Å². The number of fused-ring (bicyclic) bond motifs is 1. The maximum absolute atomic E-state index is 13.7. The van der Waals surface area contributed by atoms with Crippen LogP contribution in [0.5, 0.6) is 11.5 Å². The largest absolute Gasteiger partial charge is 0.497 e. The second-order valence-corrected chi connectivity index (χ2v) is 12.3. The molecule has 0 fully saturated rings. The summed E-state index contributed by atoms with van der Waals surface area (Å²) in [5, 5.41) is 16.6. The summed E-state index contributed by atoms with van der Waals surface area (Å²) >= 11 is 0. The lowest BCUT2D eigenvalue weighted by Crippen LogP contribution is -2.50. The van der Waals surface area contributed by atoms with Gasteiger partial charge >= 0.3 is 6.03 Å². The minimum Gasteiger partial charge on any atom is -0.497 e. The zero-order valence-corrected chi connectivity index (χ0v) is 25.8. The Labute approximate surface area is 250 Å². The number of amides is 3. The third-order valence-corrected chi connectivity index (χ3v) is 8.75. The van der Waals surface area contributed by atoms with Crippen LogP contribution in [0.3, 0.4) is 0 Å². The van der Waals surface area contributed by atoms with Crippen LogP contribution in [0, 0.1) is 19.8 Å². The second kappa shape index (κ2) is 12.9. The highest BCUT2D eigenvalue weighted by atomic mass is 32.2. The number of aliphatic hydroxyl groups is 1. The van der Waals surface area contributed by atoms with Gasteiger partial charge in [-0.1, -0.05) is 18.1 Å². The molecule has 14 heteroatoms. The number of methoxy groups -OCH3 is 1. The van der Waals surface area contributed by atoms with E-state index < -0.39 is 34.1 Å². The van der Waals surface area contributed by atoms with Gasteiger partial charge in [-0.2, -0.15) is 0 Å². The van der Waals surface area contributed by atoms with E-state index in [1.54, 1.807) is 40.0 Å². The first-order valence-electron chi connectivity index (χ1n) is 13.7. The van der Waals surface area contributed by atoms with Crippen LogP contribution in [0.1, 0.15) is 35.7 Å². The summed E-state index contributed by atoms with van der Waals surface area (Å²) < 4.78 is 45.9. The molecule has 0 bridgehead atoms. The molecule has 43 heavy (non-hydrogen) atoms. The Bertz CT molecular complexity index is 1550. The number of aromatic nitrogens is 1. The second-order valence-electron chi connectivity index (χ2n) is 10.6. The Balaban J connectivity index is 1.69. The number of hydrogen-bond acceptors (Lipinski definition) is 9. The normalized spacial score (nSPS) is 17.7. The minimum absolute atomic E-state index is 0.0146. The molecule has 3 N–H and O–H groups in total. The van der Waals surface area contributed by atoms with E-state index in [4.69, 9.17) is 14.0 Å². The van der Waals surface area contributed by atoms with Gasteiger partial charge in [-0.25, -0.2) is 13.2 Å². The maximum Gasteiger partial charge on any atom is 0.321 e. The fraction of sp³-hybridized carbons (Fsp3) is 0.414. The van der Waals surface area contributed by atoms with Crippen molar-refractivity contribution in [2.45, 2.75) is 44.7 Å². The quantitative estimate of drug-likeness (QED) is 0.327. The number of anilines is 2.